The highest BCUT2D eigenvalue weighted by molar-refractivity contribution is 8.02. The maximum Gasteiger partial charge on any atom is 0.540 e. The third kappa shape index (κ3) is 12.8. The SMILES string of the molecule is COc1ccc(/C=N/N(C)COc2ccc(C=NCOc3ccc(/C=N/N(C)[P+](=S)Oc4ccc(CCN(C)C)cc4)cc3)cc2)cc1. The van der Waals surface area contributed by atoms with Crippen molar-refractivity contribution in [2.45, 2.75) is 6.42 Å². The van der Waals surface area contributed by atoms with E-state index in [-0.39, 0.29) is 6.73 Å². The normalized spacial score (nSPS) is 11.8. The van der Waals surface area contributed by atoms with Gasteiger partial charge in [-0.15, -0.1) is 5.10 Å². The molecule has 0 aliphatic carbocycles. The Morgan fingerprint density at radius 3 is 1.75 bits per heavy atom. The van der Waals surface area contributed by atoms with Crippen molar-refractivity contribution in [2.75, 3.05) is 55.3 Å². The molecule has 4 rings (SSSR count). The van der Waals surface area contributed by atoms with Gasteiger partial charge in [-0.25, -0.2) is 0 Å². The van der Waals surface area contributed by atoms with Crippen LogP contribution < -0.4 is 18.7 Å². The average molecular weight is 686 g/mol. The van der Waals surface area contributed by atoms with Gasteiger partial charge in [0.25, 0.3) is 0 Å². The summed E-state index contributed by atoms with van der Waals surface area (Å²) < 4.78 is 24.4. The molecule has 1 atom stereocenters. The first-order valence-electron chi connectivity index (χ1n) is 15.3. The average Bonchev–Trinajstić information content (AvgIpc) is 3.11. The second kappa shape index (κ2) is 19.1. The molecular formula is C36H42N6O4PS+. The Hall–Kier alpha value is -4.83. The van der Waals surface area contributed by atoms with Crippen LogP contribution in [0.15, 0.2) is 112 Å². The second-order valence-electron chi connectivity index (χ2n) is 10.9. The molecule has 0 aliphatic heterocycles. The van der Waals surface area contributed by atoms with Crippen LogP contribution in [0.2, 0.25) is 0 Å². The van der Waals surface area contributed by atoms with Gasteiger partial charge in [0.15, 0.2) is 19.2 Å². The maximum atomic E-state index is 5.94. The van der Waals surface area contributed by atoms with Gasteiger partial charge in [-0.05, 0) is 128 Å². The molecule has 250 valence electrons. The smallest absolute Gasteiger partial charge is 0.497 e. The second-order valence-corrected chi connectivity index (χ2v) is 13.1. The molecule has 10 nitrogen and oxygen atoms in total. The van der Waals surface area contributed by atoms with E-state index < -0.39 is 7.07 Å². The Morgan fingerprint density at radius 2 is 1.17 bits per heavy atom. The van der Waals surface area contributed by atoms with Crippen molar-refractivity contribution in [1.29, 1.82) is 0 Å². The molecule has 4 aromatic carbocycles. The lowest BCUT2D eigenvalue weighted by Crippen LogP contribution is -2.18. The predicted molar refractivity (Wildman–Crippen MR) is 199 cm³/mol. The number of benzene rings is 4. The predicted octanol–water partition coefficient (Wildman–Crippen LogP) is 6.68. The van der Waals surface area contributed by atoms with Gasteiger partial charge in [0, 0.05) is 19.8 Å². The van der Waals surface area contributed by atoms with Crippen molar-refractivity contribution in [3.05, 3.63) is 119 Å². The summed E-state index contributed by atoms with van der Waals surface area (Å²) in [5.74, 6) is 3.00. The van der Waals surface area contributed by atoms with Gasteiger partial charge in [0.05, 0.1) is 26.6 Å². The van der Waals surface area contributed by atoms with Crippen LogP contribution in [0.3, 0.4) is 0 Å². The Bertz CT molecular complexity index is 1650. The number of methoxy groups -OCH3 is 1. The minimum absolute atomic E-state index is 0.194. The summed E-state index contributed by atoms with van der Waals surface area (Å²) in [7, 11) is 8.11. The lowest BCUT2D eigenvalue weighted by molar-refractivity contribution is 0.158. The molecule has 1 unspecified atom stereocenters. The molecule has 0 N–H and O–H groups in total. The Morgan fingerprint density at radius 1 is 0.646 bits per heavy atom. The van der Waals surface area contributed by atoms with Gasteiger partial charge in [0.1, 0.15) is 17.2 Å². The molecular weight excluding hydrogens is 643 g/mol. The molecule has 0 spiro atoms. The first-order valence-corrected chi connectivity index (χ1v) is 17.5. The lowest BCUT2D eigenvalue weighted by Gasteiger charge is -2.14. The quantitative estimate of drug-likeness (QED) is 0.0497. The van der Waals surface area contributed by atoms with E-state index in [9.17, 15) is 0 Å². The van der Waals surface area contributed by atoms with E-state index in [1.54, 1.807) is 35.5 Å². The molecule has 0 bridgehead atoms. The molecule has 0 fully saturated rings. The van der Waals surface area contributed by atoms with E-state index in [0.29, 0.717) is 12.5 Å². The van der Waals surface area contributed by atoms with Gasteiger partial charge in [-0.3, -0.25) is 14.5 Å². The molecule has 4 aromatic rings. The number of likely N-dealkylation sites (N-methyl/N-ethyl adjacent to an activating group) is 1. The van der Waals surface area contributed by atoms with Gasteiger partial charge < -0.3 is 19.1 Å². The molecule has 0 aromatic heterocycles. The molecule has 0 saturated carbocycles. The van der Waals surface area contributed by atoms with E-state index >= 15 is 0 Å². The summed E-state index contributed by atoms with van der Waals surface area (Å²) in [6.07, 6.45) is 6.28. The number of ether oxygens (including phenoxy) is 3. The highest BCUT2D eigenvalue weighted by Crippen LogP contribution is 2.30. The molecule has 0 radical (unpaired) electrons. The van der Waals surface area contributed by atoms with E-state index in [1.807, 2.05) is 99.0 Å². The minimum atomic E-state index is -1.34. The van der Waals surface area contributed by atoms with Crippen LogP contribution in [-0.4, -0.2) is 88.6 Å². The fourth-order valence-corrected chi connectivity index (χ4v) is 4.96. The van der Waals surface area contributed by atoms with Crippen LogP contribution in [0.25, 0.3) is 0 Å². The number of rotatable bonds is 18. The number of nitrogens with zero attached hydrogens (tertiary/aromatic N) is 6. The number of aliphatic imine (C=N–C) groups is 1. The monoisotopic (exact) mass is 685 g/mol. The van der Waals surface area contributed by atoms with E-state index in [0.717, 1.165) is 46.9 Å². The lowest BCUT2D eigenvalue weighted by atomic mass is 10.1. The Labute approximate surface area is 289 Å². The summed E-state index contributed by atoms with van der Waals surface area (Å²) in [6.45, 7) is 1.51. The molecule has 12 heteroatoms. The Kier molecular flexibility index (Phi) is 14.3. The summed E-state index contributed by atoms with van der Waals surface area (Å²) in [5.41, 5.74) is 4.09. The third-order valence-corrected chi connectivity index (χ3v) is 8.68. The topological polar surface area (TPSA) is 83.7 Å². The molecule has 0 aliphatic rings. The summed E-state index contributed by atoms with van der Waals surface area (Å²) in [6, 6.07) is 31.0. The largest absolute Gasteiger partial charge is 0.540 e. The van der Waals surface area contributed by atoms with Crippen LogP contribution in [0.5, 0.6) is 23.0 Å². The fourth-order valence-electron chi connectivity index (χ4n) is 4.02. The number of hydrogen-bond acceptors (Lipinski definition) is 10. The van der Waals surface area contributed by atoms with Gasteiger partial charge >= 0.3 is 7.07 Å². The molecule has 48 heavy (non-hydrogen) atoms. The van der Waals surface area contributed by atoms with Crippen LogP contribution in [0, 0.1) is 0 Å². The molecule has 0 amide bonds. The van der Waals surface area contributed by atoms with Gasteiger partial charge in [-0.1, -0.05) is 16.9 Å². The standard InChI is InChI=1S/C36H42N6O4PS/c1-40(2)23-22-29-6-20-36(21-7-29)46-47(48)42(4)39-26-32-12-16-34(17-13-32)44-27-37-24-30-10-18-35(19-11-30)45-28-41(3)38-25-31-8-14-33(43-5)15-9-31/h6-21,24-26H,22-23,27-28H2,1-5H3/q+1/b37-24?,38-25+,39-26+. The van der Waals surface area contributed by atoms with Crippen LogP contribution in [-0.2, 0) is 18.2 Å². The van der Waals surface area contributed by atoms with E-state index in [4.69, 9.17) is 30.5 Å². The Balaban J connectivity index is 1.14. The van der Waals surface area contributed by atoms with E-state index in [1.165, 1.54) is 5.56 Å². The highest BCUT2D eigenvalue weighted by atomic mass is 32.4. The zero-order valence-electron chi connectivity index (χ0n) is 28.0. The van der Waals surface area contributed by atoms with Crippen molar-refractivity contribution in [3.8, 4) is 23.0 Å². The van der Waals surface area contributed by atoms with Crippen LogP contribution in [0.4, 0.5) is 0 Å². The first-order chi connectivity index (χ1) is 23.3. The third-order valence-electron chi connectivity index (χ3n) is 6.81. The van der Waals surface area contributed by atoms with E-state index in [2.05, 4.69) is 46.3 Å². The fraction of sp³-hybridized carbons (Fsp3) is 0.250. The first kappa shape index (κ1) is 36.0. The van der Waals surface area contributed by atoms with Crippen molar-refractivity contribution in [3.63, 3.8) is 0 Å². The van der Waals surface area contributed by atoms with Crippen molar-refractivity contribution >= 4 is 37.5 Å². The van der Waals surface area contributed by atoms with Crippen molar-refractivity contribution in [2.24, 2.45) is 15.2 Å². The zero-order valence-corrected chi connectivity index (χ0v) is 29.7. The van der Waals surface area contributed by atoms with Gasteiger partial charge in [-0.2, -0.15) is 5.10 Å². The summed E-state index contributed by atoms with van der Waals surface area (Å²) in [4.78, 5) is 6.55. The number of hydrazone groups is 2. The molecule has 0 saturated heterocycles. The van der Waals surface area contributed by atoms with Crippen molar-refractivity contribution in [1.82, 2.24) is 14.7 Å². The zero-order chi connectivity index (χ0) is 34.1. The summed E-state index contributed by atoms with van der Waals surface area (Å²) >= 11 is 5.55. The van der Waals surface area contributed by atoms with Crippen molar-refractivity contribution < 1.29 is 18.7 Å². The maximum absolute atomic E-state index is 5.94. The van der Waals surface area contributed by atoms with Gasteiger partial charge in [0.2, 0.25) is 11.8 Å². The highest BCUT2D eigenvalue weighted by Gasteiger charge is 2.20. The van der Waals surface area contributed by atoms with Crippen LogP contribution >= 0.6 is 7.07 Å². The van der Waals surface area contributed by atoms with Crippen LogP contribution in [0.1, 0.15) is 22.3 Å². The summed E-state index contributed by atoms with van der Waals surface area (Å²) in [5, 5.41) is 10.6. The number of hydrogen-bond donors (Lipinski definition) is 0. The minimum Gasteiger partial charge on any atom is -0.497 e. The molecule has 0 heterocycles.